The van der Waals surface area contributed by atoms with E-state index in [1.165, 1.54) is 5.69 Å². The molecule has 6 nitrogen and oxygen atoms in total. The minimum absolute atomic E-state index is 0.0411. The Morgan fingerprint density at radius 3 is 2.38 bits per heavy atom. The Morgan fingerprint density at radius 1 is 1.00 bits per heavy atom. The molecular formula is C23H28N4O2. The number of anilines is 2. The Kier molecular flexibility index (Phi) is 5.81. The van der Waals surface area contributed by atoms with Crippen molar-refractivity contribution in [3.63, 3.8) is 0 Å². The number of benzene rings is 2. The first-order valence-corrected chi connectivity index (χ1v) is 10.3. The summed E-state index contributed by atoms with van der Waals surface area (Å²) in [5, 5.41) is 3.00. The number of carbonyl (C=O) groups excluding carboxylic acids is 2. The van der Waals surface area contributed by atoms with Crippen LogP contribution in [0.1, 0.15) is 18.4 Å². The topological polar surface area (TPSA) is 55.9 Å². The van der Waals surface area contributed by atoms with E-state index in [-0.39, 0.29) is 11.8 Å². The molecule has 2 aliphatic heterocycles. The van der Waals surface area contributed by atoms with Crippen molar-refractivity contribution in [2.24, 2.45) is 0 Å². The van der Waals surface area contributed by atoms with Crippen LogP contribution in [-0.4, -0.2) is 60.9 Å². The average Bonchev–Trinajstić information content (AvgIpc) is 3.10. The van der Waals surface area contributed by atoms with Gasteiger partial charge in [-0.3, -0.25) is 9.59 Å². The van der Waals surface area contributed by atoms with Gasteiger partial charge < -0.3 is 20.0 Å². The fraction of sp³-hybridized carbons (Fsp3) is 0.391. The number of rotatable bonds is 5. The van der Waals surface area contributed by atoms with E-state index >= 15 is 0 Å². The molecule has 0 aromatic heterocycles. The summed E-state index contributed by atoms with van der Waals surface area (Å²) >= 11 is 0. The SMILES string of the molecule is CN1CCN(c2ccc(NC(=O)C3CCC(=O)N3Cc3ccccc3)cc2)CC1. The Hall–Kier alpha value is -2.86. The Bertz CT molecular complexity index is 845. The van der Waals surface area contributed by atoms with Gasteiger partial charge in [0.1, 0.15) is 6.04 Å². The third-order valence-electron chi connectivity index (χ3n) is 5.83. The van der Waals surface area contributed by atoms with Gasteiger partial charge in [0.2, 0.25) is 11.8 Å². The van der Waals surface area contributed by atoms with Gasteiger partial charge in [0, 0.05) is 50.5 Å². The van der Waals surface area contributed by atoms with Crippen LogP contribution in [0.5, 0.6) is 0 Å². The second-order valence-corrected chi connectivity index (χ2v) is 7.89. The zero-order valence-corrected chi connectivity index (χ0v) is 16.9. The molecule has 2 amide bonds. The Morgan fingerprint density at radius 2 is 1.69 bits per heavy atom. The first kappa shape index (κ1) is 19.5. The van der Waals surface area contributed by atoms with Gasteiger partial charge in [-0.25, -0.2) is 0 Å². The van der Waals surface area contributed by atoms with E-state index in [2.05, 4.69) is 34.3 Å². The van der Waals surface area contributed by atoms with Gasteiger partial charge >= 0.3 is 0 Å². The van der Waals surface area contributed by atoms with Crippen LogP contribution >= 0.6 is 0 Å². The largest absolute Gasteiger partial charge is 0.369 e. The third kappa shape index (κ3) is 4.59. The second kappa shape index (κ2) is 8.66. The maximum Gasteiger partial charge on any atom is 0.247 e. The van der Waals surface area contributed by atoms with Gasteiger partial charge in [-0.2, -0.15) is 0 Å². The normalized spacial score (nSPS) is 20.2. The smallest absolute Gasteiger partial charge is 0.247 e. The van der Waals surface area contributed by atoms with E-state index in [1.54, 1.807) is 4.90 Å². The zero-order valence-electron chi connectivity index (χ0n) is 16.9. The molecule has 0 spiro atoms. The molecule has 2 aromatic rings. The summed E-state index contributed by atoms with van der Waals surface area (Å²) in [6.45, 7) is 4.62. The molecule has 2 aliphatic rings. The summed E-state index contributed by atoms with van der Waals surface area (Å²) in [7, 11) is 2.14. The molecule has 0 aliphatic carbocycles. The maximum absolute atomic E-state index is 12.9. The highest BCUT2D eigenvalue weighted by molar-refractivity contribution is 5.99. The molecule has 29 heavy (non-hydrogen) atoms. The van der Waals surface area contributed by atoms with Crippen LogP contribution in [0.4, 0.5) is 11.4 Å². The minimum Gasteiger partial charge on any atom is -0.369 e. The number of piperazine rings is 1. The van der Waals surface area contributed by atoms with Gasteiger partial charge in [-0.05, 0) is 43.3 Å². The van der Waals surface area contributed by atoms with Crippen LogP contribution in [0, 0.1) is 0 Å². The number of hydrogen-bond donors (Lipinski definition) is 1. The fourth-order valence-electron chi connectivity index (χ4n) is 4.03. The number of likely N-dealkylation sites (tertiary alicyclic amines) is 1. The molecule has 2 saturated heterocycles. The van der Waals surface area contributed by atoms with E-state index in [0.717, 1.165) is 37.4 Å². The van der Waals surface area contributed by atoms with E-state index in [1.807, 2.05) is 42.5 Å². The molecule has 2 fully saturated rings. The lowest BCUT2D eigenvalue weighted by molar-refractivity contribution is -0.133. The van der Waals surface area contributed by atoms with Gasteiger partial charge in [0.05, 0.1) is 0 Å². The summed E-state index contributed by atoms with van der Waals surface area (Å²) < 4.78 is 0. The summed E-state index contributed by atoms with van der Waals surface area (Å²) in [5.74, 6) is -0.0708. The molecule has 2 heterocycles. The number of nitrogens with zero attached hydrogens (tertiary/aromatic N) is 3. The predicted molar refractivity (Wildman–Crippen MR) is 115 cm³/mol. The number of likely N-dealkylation sites (N-methyl/N-ethyl adjacent to an activating group) is 1. The molecule has 1 N–H and O–H groups in total. The number of nitrogens with one attached hydrogen (secondary N) is 1. The van der Waals surface area contributed by atoms with Gasteiger partial charge in [-0.1, -0.05) is 30.3 Å². The highest BCUT2D eigenvalue weighted by Gasteiger charge is 2.35. The number of carbonyl (C=O) groups is 2. The quantitative estimate of drug-likeness (QED) is 0.850. The molecule has 4 rings (SSSR count). The van der Waals surface area contributed by atoms with E-state index < -0.39 is 6.04 Å². The lowest BCUT2D eigenvalue weighted by atomic mass is 10.1. The highest BCUT2D eigenvalue weighted by Crippen LogP contribution is 2.24. The van der Waals surface area contributed by atoms with Crippen molar-refractivity contribution in [3.05, 3.63) is 60.2 Å². The Labute approximate surface area is 172 Å². The van der Waals surface area contributed by atoms with Crippen LogP contribution in [-0.2, 0) is 16.1 Å². The molecule has 0 radical (unpaired) electrons. The van der Waals surface area contributed by atoms with Crippen molar-refractivity contribution in [2.45, 2.75) is 25.4 Å². The fourth-order valence-corrected chi connectivity index (χ4v) is 4.03. The van der Waals surface area contributed by atoms with Crippen molar-refractivity contribution in [2.75, 3.05) is 43.4 Å². The first-order valence-electron chi connectivity index (χ1n) is 10.3. The molecule has 6 heteroatoms. The summed E-state index contributed by atoms with van der Waals surface area (Å²) in [4.78, 5) is 31.6. The number of hydrogen-bond acceptors (Lipinski definition) is 4. The van der Waals surface area contributed by atoms with Gasteiger partial charge in [0.15, 0.2) is 0 Å². The minimum atomic E-state index is -0.417. The van der Waals surface area contributed by atoms with Crippen molar-refractivity contribution in [1.29, 1.82) is 0 Å². The second-order valence-electron chi connectivity index (χ2n) is 7.89. The van der Waals surface area contributed by atoms with Crippen LogP contribution in [0.3, 0.4) is 0 Å². The maximum atomic E-state index is 12.9. The third-order valence-corrected chi connectivity index (χ3v) is 5.83. The molecular weight excluding hydrogens is 364 g/mol. The zero-order chi connectivity index (χ0) is 20.2. The summed E-state index contributed by atoms with van der Waals surface area (Å²) in [5.41, 5.74) is 2.99. The van der Waals surface area contributed by atoms with Crippen LogP contribution in [0.15, 0.2) is 54.6 Å². The standard InChI is InChI=1S/C23H28N4O2/c1-25-13-15-26(16-14-25)20-9-7-19(8-10-20)24-23(29)21-11-12-22(28)27(21)17-18-5-3-2-4-6-18/h2-10,21H,11-17H2,1H3,(H,24,29). The van der Waals surface area contributed by atoms with E-state index in [9.17, 15) is 9.59 Å². The number of amides is 2. The molecule has 1 atom stereocenters. The average molecular weight is 393 g/mol. The monoisotopic (exact) mass is 392 g/mol. The molecule has 0 bridgehead atoms. The van der Waals surface area contributed by atoms with Gasteiger partial charge in [-0.15, -0.1) is 0 Å². The van der Waals surface area contributed by atoms with E-state index in [4.69, 9.17) is 0 Å². The van der Waals surface area contributed by atoms with Crippen LogP contribution in [0.2, 0.25) is 0 Å². The van der Waals surface area contributed by atoms with Crippen molar-refractivity contribution in [1.82, 2.24) is 9.80 Å². The molecule has 152 valence electrons. The lowest BCUT2D eigenvalue weighted by Gasteiger charge is -2.34. The molecule has 0 saturated carbocycles. The molecule has 1 unspecified atom stereocenters. The highest BCUT2D eigenvalue weighted by atomic mass is 16.2. The first-order chi connectivity index (χ1) is 14.1. The lowest BCUT2D eigenvalue weighted by Crippen LogP contribution is -2.44. The van der Waals surface area contributed by atoms with Gasteiger partial charge in [0.25, 0.3) is 0 Å². The summed E-state index contributed by atoms with van der Waals surface area (Å²) in [6.07, 6.45) is 0.990. The van der Waals surface area contributed by atoms with Crippen LogP contribution in [0.25, 0.3) is 0 Å². The predicted octanol–water partition coefficient (Wildman–Crippen LogP) is 2.57. The summed E-state index contributed by atoms with van der Waals surface area (Å²) in [6, 6.07) is 17.4. The molecule has 2 aromatic carbocycles. The van der Waals surface area contributed by atoms with E-state index in [0.29, 0.717) is 19.4 Å². The Balaban J connectivity index is 1.38. The van der Waals surface area contributed by atoms with Crippen LogP contribution < -0.4 is 10.2 Å². The van der Waals surface area contributed by atoms with Crippen molar-refractivity contribution in [3.8, 4) is 0 Å². The van der Waals surface area contributed by atoms with Crippen molar-refractivity contribution >= 4 is 23.2 Å². The van der Waals surface area contributed by atoms with Crippen molar-refractivity contribution < 1.29 is 9.59 Å².